The Morgan fingerprint density at radius 2 is 1.85 bits per heavy atom. The van der Waals surface area contributed by atoms with Crippen LogP contribution in [0.1, 0.15) is 39.7 Å². The highest BCUT2D eigenvalue weighted by Gasteiger charge is 2.28. The number of amides is 1. The topological polar surface area (TPSA) is 49.3 Å². The van der Waals surface area contributed by atoms with Crippen molar-refractivity contribution in [1.82, 2.24) is 5.32 Å². The maximum absolute atomic E-state index is 12.1. The molecule has 1 unspecified atom stereocenters. The van der Waals surface area contributed by atoms with Gasteiger partial charge in [0.25, 0.3) is 0 Å². The monoisotopic (exact) mass is 277 g/mol. The number of rotatable bonds is 7. The van der Waals surface area contributed by atoms with Crippen LogP contribution >= 0.6 is 0 Å². The third-order valence-corrected chi connectivity index (χ3v) is 3.35. The summed E-state index contributed by atoms with van der Waals surface area (Å²) in [6.45, 7) is 8.42. The van der Waals surface area contributed by atoms with E-state index in [9.17, 15) is 9.90 Å². The smallest absolute Gasteiger partial charge is 0.225 e. The predicted octanol–water partition coefficient (Wildman–Crippen LogP) is 2.78. The van der Waals surface area contributed by atoms with E-state index < -0.39 is 6.10 Å². The Morgan fingerprint density at radius 3 is 2.40 bits per heavy atom. The van der Waals surface area contributed by atoms with Gasteiger partial charge < -0.3 is 10.4 Å². The first-order valence-corrected chi connectivity index (χ1v) is 7.31. The number of aliphatic hydroxyl groups is 1. The van der Waals surface area contributed by atoms with Gasteiger partial charge in [-0.1, -0.05) is 58.0 Å². The largest absolute Gasteiger partial charge is 0.391 e. The van der Waals surface area contributed by atoms with Crippen molar-refractivity contribution >= 4 is 5.91 Å². The van der Waals surface area contributed by atoms with Gasteiger partial charge in [-0.2, -0.15) is 0 Å². The van der Waals surface area contributed by atoms with Crippen LogP contribution in [0.5, 0.6) is 0 Å². The third-order valence-electron chi connectivity index (χ3n) is 3.35. The lowest BCUT2D eigenvalue weighted by Crippen LogP contribution is -2.41. The molecule has 0 saturated heterocycles. The third kappa shape index (κ3) is 5.74. The van der Waals surface area contributed by atoms with Crippen molar-refractivity contribution in [2.45, 2.75) is 46.6 Å². The molecule has 0 aliphatic heterocycles. The quantitative estimate of drug-likeness (QED) is 0.805. The highest BCUT2D eigenvalue weighted by molar-refractivity contribution is 5.81. The Kier molecular flexibility index (Phi) is 6.21. The molecule has 112 valence electrons. The lowest BCUT2D eigenvalue weighted by molar-refractivity contribution is -0.130. The molecular formula is C17H27NO2. The summed E-state index contributed by atoms with van der Waals surface area (Å²) in [5.74, 6) is 0.489. The van der Waals surface area contributed by atoms with E-state index >= 15 is 0 Å². The van der Waals surface area contributed by atoms with Crippen LogP contribution in [0.25, 0.3) is 0 Å². The molecule has 1 aromatic carbocycles. The van der Waals surface area contributed by atoms with E-state index in [-0.39, 0.29) is 11.3 Å². The van der Waals surface area contributed by atoms with Crippen molar-refractivity contribution in [3.8, 4) is 0 Å². The summed E-state index contributed by atoms with van der Waals surface area (Å²) in [5, 5.41) is 12.8. The van der Waals surface area contributed by atoms with Crippen molar-refractivity contribution in [1.29, 1.82) is 0 Å². The molecule has 2 N–H and O–H groups in total. The summed E-state index contributed by atoms with van der Waals surface area (Å²) in [7, 11) is 0. The zero-order valence-corrected chi connectivity index (χ0v) is 13.0. The molecule has 0 saturated carbocycles. The minimum Gasteiger partial charge on any atom is -0.391 e. The van der Waals surface area contributed by atoms with Crippen LogP contribution < -0.4 is 5.32 Å². The second-order valence-corrected chi connectivity index (χ2v) is 6.54. The van der Waals surface area contributed by atoms with E-state index in [2.05, 4.69) is 19.2 Å². The Hall–Kier alpha value is -1.35. The van der Waals surface area contributed by atoms with E-state index in [4.69, 9.17) is 0 Å². The second kappa shape index (κ2) is 7.44. The molecule has 0 radical (unpaired) electrons. The first-order valence-electron chi connectivity index (χ1n) is 7.31. The van der Waals surface area contributed by atoms with Crippen LogP contribution in [-0.2, 0) is 11.2 Å². The zero-order chi connectivity index (χ0) is 15.2. The molecule has 0 bridgehead atoms. The molecule has 1 atom stereocenters. The van der Waals surface area contributed by atoms with Crippen molar-refractivity contribution < 1.29 is 9.90 Å². The van der Waals surface area contributed by atoms with Gasteiger partial charge in [0.2, 0.25) is 5.91 Å². The van der Waals surface area contributed by atoms with E-state index in [1.807, 2.05) is 44.2 Å². The van der Waals surface area contributed by atoms with Gasteiger partial charge in [-0.15, -0.1) is 0 Å². The van der Waals surface area contributed by atoms with E-state index in [0.717, 1.165) is 12.0 Å². The van der Waals surface area contributed by atoms with Crippen molar-refractivity contribution in [3.63, 3.8) is 0 Å². The number of hydrogen-bond acceptors (Lipinski definition) is 2. The lowest BCUT2D eigenvalue weighted by atomic mass is 9.83. The first kappa shape index (κ1) is 16.7. The second-order valence-electron chi connectivity index (χ2n) is 6.54. The SMILES string of the molecule is CC(C)CC(C)(C)C(=O)NCC(O)Cc1ccccc1. The van der Waals surface area contributed by atoms with Crippen LogP contribution in [0.4, 0.5) is 0 Å². The summed E-state index contributed by atoms with van der Waals surface area (Å²) >= 11 is 0. The lowest BCUT2D eigenvalue weighted by Gasteiger charge is -2.26. The molecule has 0 aliphatic rings. The first-order chi connectivity index (χ1) is 9.31. The van der Waals surface area contributed by atoms with E-state index in [1.54, 1.807) is 0 Å². The maximum Gasteiger partial charge on any atom is 0.225 e. The molecule has 0 heterocycles. The minimum atomic E-state index is -0.545. The van der Waals surface area contributed by atoms with Gasteiger partial charge in [-0.3, -0.25) is 4.79 Å². The fourth-order valence-electron chi connectivity index (χ4n) is 2.52. The molecule has 0 aliphatic carbocycles. The molecule has 20 heavy (non-hydrogen) atoms. The number of carbonyl (C=O) groups excluding carboxylic acids is 1. The van der Waals surface area contributed by atoms with Crippen molar-refractivity contribution in [2.24, 2.45) is 11.3 Å². The molecule has 0 fully saturated rings. The fourth-order valence-corrected chi connectivity index (χ4v) is 2.52. The van der Waals surface area contributed by atoms with Crippen LogP contribution in [0.15, 0.2) is 30.3 Å². The summed E-state index contributed by atoms with van der Waals surface area (Å²) in [6.07, 6.45) is 0.857. The minimum absolute atomic E-state index is 0.0123. The van der Waals surface area contributed by atoms with Gasteiger partial charge in [-0.05, 0) is 17.9 Å². The van der Waals surface area contributed by atoms with Crippen LogP contribution in [0, 0.1) is 11.3 Å². The summed E-state index contributed by atoms with van der Waals surface area (Å²) in [5.41, 5.74) is 0.691. The number of aliphatic hydroxyl groups excluding tert-OH is 1. The summed E-state index contributed by atoms with van der Waals surface area (Å²) < 4.78 is 0. The van der Waals surface area contributed by atoms with Crippen molar-refractivity contribution in [3.05, 3.63) is 35.9 Å². The standard InChI is InChI=1S/C17H27NO2/c1-13(2)11-17(3,4)16(20)18-12-15(19)10-14-8-6-5-7-9-14/h5-9,13,15,19H,10-12H2,1-4H3,(H,18,20). The van der Waals surface area contributed by atoms with Gasteiger partial charge in [0.15, 0.2) is 0 Å². The molecule has 3 nitrogen and oxygen atoms in total. The summed E-state index contributed by atoms with van der Waals surface area (Å²) in [6, 6.07) is 9.81. The zero-order valence-electron chi connectivity index (χ0n) is 13.0. The number of carbonyl (C=O) groups is 1. The predicted molar refractivity (Wildman–Crippen MR) is 82.4 cm³/mol. The molecule has 3 heteroatoms. The highest BCUT2D eigenvalue weighted by Crippen LogP contribution is 2.25. The van der Waals surface area contributed by atoms with Crippen LogP contribution in [0.2, 0.25) is 0 Å². The summed E-state index contributed by atoms with van der Waals surface area (Å²) in [4.78, 5) is 12.1. The molecule has 1 aromatic rings. The Bertz CT molecular complexity index is 412. The van der Waals surface area contributed by atoms with Gasteiger partial charge in [0, 0.05) is 18.4 Å². The normalized spacial score (nSPS) is 13.3. The molecule has 0 spiro atoms. The van der Waals surface area contributed by atoms with Crippen LogP contribution in [0.3, 0.4) is 0 Å². The van der Waals surface area contributed by atoms with Gasteiger partial charge in [-0.25, -0.2) is 0 Å². The molecule has 1 amide bonds. The maximum atomic E-state index is 12.1. The van der Waals surface area contributed by atoms with E-state index in [0.29, 0.717) is 18.9 Å². The average Bonchev–Trinajstić information content (AvgIpc) is 2.35. The fraction of sp³-hybridized carbons (Fsp3) is 0.588. The van der Waals surface area contributed by atoms with E-state index in [1.165, 1.54) is 0 Å². The molecule has 1 rings (SSSR count). The Labute approximate surface area is 122 Å². The van der Waals surface area contributed by atoms with Gasteiger partial charge in [0.05, 0.1) is 6.10 Å². The number of hydrogen-bond donors (Lipinski definition) is 2. The Morgan fingerprint density at radius 1 is 1.25 bits per heavy atom. The van der Waals surface area contributed by atoms with Gasteiger partial charge in [0.1, 0.15) is 0 Å². The number of nitrogens with one attached hydrogen (secondary N) is 1. The average molecular weight is 277 g/mol. The van der Waals surface area contributed by atoms with Crippen LogP contribution in [-0.4, -0.2) is 23.7 Å². The molecular weight excluding hydrogens is 250 g/mol. The van der Waals surface area contributed by atoms with Gasteiger partial charge >= 0.3 is 0 Å². The Balaban J connectivity index is 2.40. The highest BCUT2D eigenvalue weighted by atomic mass is 16.3. The molecule has 0 aromatic heterocycles. The number of benzene rings is 1. The van der Waals surface area contributed by atoms with Crippen molar-refractivity contribution in [2.75, 3.05) is 6.54 Å².